The van der Waals surface area contributed by atoms with Crippen LogP contribution in [-0.4, -0.2) is 159 Å². The number of nitrogens with one attached hydrogen (secondary N) is 5. The van der Waals surface area contributed by atoms with Crippen LogP contribution < -0.4 is 26.6 Å². The molecule has 0 bridgehead atoms. The molecule has 0 radical (unpaired) electrons. The topological polar surface area (TPSA) is 253 Å². The van der Waals surface area contributed by atoms with E-state index in [1.165, 1.54) is 28.4 Å². The van der Waals surface area contributed by atoms with Gasteiger partial charge in [-0.2, -0.15) is 0 Å². The fourth-order valence-corrected chi connectivity index (χ4v) is 10.1. The van der Waals surface area contributed by atoms with E-state index in [0.29, 0.717) is 37.8 Å². The molecular formula is C48H67N11O9. The third-order valence-electron chi connectivity index (χ3n) is 13.8. The highest BCUT2D eigenvalue weighted by molar-refractivity contribution is 6.38. The molecule has 1 aromatic heterocycles. The summed E-state index contributed by atoms with van der Waals surface area (Å²) in [5.74, 6) is -6.15. The Hall–Kier alpha value is -6.31. The zero-order valence-electron chi connectivity index (χ0n) is 40.2. The number of aromatic nitrogens is 2. The minimum absolute atomic E-state index is 0.0133. The van der Waals surface area contributed by atoms with Gasteiger partial charge in [0.15, 0.2) is 0 Å². The summed E-state index contributed by atoms with van der Waals surface area (Å²) in [7, 11) is 4.75. The molecule has 368 valence electrons. The normalized spacial score (nSPS) is 22.4. The SMILES string of the molecule is CCCC(NC(=O)[C@@H]1CC2(CN1C(=O)[C@@H](NC(=O)[C@@H](NC(=O)c1cnccn1)C1CCCCC1)C(C)(C)C)N(C)C(=O)[C@@H]1CCCN12)C(=O)C(=O)NCC(=O)NC(C(=O)N(C)C)c1ccccc1. The van der Waals surface area contributed by atoms with Crippen molar-refractivity contribution in [2.75, 3.05) is 40.8 Å². The van der Waals surface area contributed by atoms with Gasteiger partial charge in [0, 0.05) is 46.5 Å². The first-order chi connectivity index (χ1) is 32.3. The molecule has 1 aliphatic carbocycles. The van der Waals surface area contributed by atoms with E-state index in [9.17, 15) is 38.4 Å². The molecule has 3 aliphatic heterocycles. The first-order valence-corrected chi connectivity index (χ1v) is 23.7. The van der Waals surface area contributed by atoms with Crippen LogP contribution in [0.3, 0.4) is 0 Å². The molecule has 4 aliphatic rings. The lowest BCUT2D eigenvalue weighted by Crippen LogP contribution is -2.62. The summed E-state index contributed by atoms with van der Waals surface area (Å²) in [6.07, 6.45) is 9.93. The minimum atomic E-state index is -1.36. The molecule has 7 atom stereocenters. The van der Waals surface area contributed by atoms with Crippen LogP contribution in [0.4, 0.5) is 0 Å². The summed E-state index contributed by atoms with van der Waals surface area (Å²) in [4.78, 5) is 139. The molecule has 6 rings (SSSR count). The van der Waals surface area contributed by atoms with E-state index < -0.39 is 101 Å². The van der Waals surface area contributed by atoms with E-state index in [-0.39, 0.29) is 36.9 Å². The lowest BCUT2D eigenvalue weighted by molar-refractivity contribution is -0.145. The smallest absolute Gasteiger partial charge is 0.290 e. The van der Waals surface area contributed by atoms with Crippen molar-refractivity contribution < 1.29 is 43.2 Å². The van der Waals surface area contributed by atoms with Gasteiger partial charge < -0.3 is 41.3 Å². The molecule has 2 aromatic rings. The van der Waals surface area contributed by atoms with Crippen molar-refractivity contribution in [1.82, 2.24) is 56.2 Å². The number of carbonyl (C=O) groups excluding carboxylic acids is 9. The van der Waals surface area contributed by atoms with E-state index in [4.69, 9.17) is 0 Å². The number of carbonyl (C=O) groups is 9. The van der Waals surface area contributed by atoms with Gasteiger partial charge in [0.2, 0.25) is 41.2 Å². The molecule has 1 aromatic carbocycles. The fraction of sp³-hybridized carbons (Fsp3) is 0.604. The van der Waals surface area contributed by atoms with Gasteiger partial charge in [0.25, 0.3) is 11.8 Å². The van der Waals surface area contributed by atoms with Crippen molar-refractivity contribution in [3.63, 3.8) is 0 Å². The second kappa shape index (κ2) is 21.8. The first kappa shape index (κ1) is 51.1. The predicted molar refractivity (Wildman–Crippen MR) is 247 cm³/mol. The summed E-state index contributed by atoms with van der Waals surface area (Å²) in [6, 6.07) is 2.22. The van der Waals surface area contributed by atoms with E-state index in [2.05, 4.69) is 36.6 Å². The number of fused-ring (bicyclic) bond motifs is 2. The molecule has 1 spiro atoms. The van der Waals surface area contributed by atoms with Crippen LogP contribution in [0.15, 0.2) is 48.9 Å². The Kier molecular flexibility index (Phi) is 16.3. The van der Waals surface area contributed by atoms with E-state index in [1.54, 1.807) is 84.1 Å². The number of benzene rings is 1. The van der Waals surface area contributed by atoms with Crippen LogP contribution in [0.25, 0.3) is 0 Å². The van der Waals surface area contributed by atoms with Gasteiger partial charge >= 0.3 is 0 Å². The Morgan fingerprint density at radius 1 is 0.897 bits per heavy atom. The number of rotatable bonds is 17. The summed E-state index contributed by atoms with van der Waals surface area (Å²) in [6.45, 7) is 6.93. The Morgan fingerprint density at radius 3 is 2.24 bits per heavy atom. The van der Waals surface area contributed by atoms with Gasteiger partial charge in [-0.3, -0.25) is 53.0 Å². The van der Waals surface area contributed by atoms with Gasteiger partial charge in [-0.15, -0.1) is 0 Å². The Morgan fingerprint density at radius 2 is 1.60 bits per heavy atom. The molecule has 8 amide bonds. The molecular weight excluding hydrogens is 875 g/mol. The summed E-state index contributed by atoms with van der Waals surface area (Å²) < 4.78 is 0. The molecule has 20 heteroatoms. The zero-order chi connectivity index (χ0) is 49.5. The molecule has 3 unspecified atom stereocenters. The maximum absolute atomic E-state index is 15.3. The third kappa shape index (κ3) is 11.2. The highest BCUT2D eigenvalue weighted by Gasteiger charge is 2.64. The fourth-order valence-electron chi connectivity index (χ4n) is 10.1. The Labute approximate surface area is 397 Å². The number of likely N-dealkylation sites (tertiary alicyclic amines) is 1. The molecule has 68 heavy (non-hydrogen) atoms. The number of Topliss-reactive ketones (excluding diaryl/α,β-unsaturated/α-hetero) is 1. The maximum atomic E-state index is 15.3. The van der Waals surface area contributed by atoms with Crippen molar-refractivity contribution >= 4 is 53.0 Å². The van der Waals surface area contributed by atoms with Crippen molar-refractivity contribution in [2.45, 2.75) is 134 Å². The number of nitrogens with zero attached hydrogens (tertiary/aromatic N) is 6. The summed E-state index contributed by atoms with van der Waals surface area (Å²) in [5.41, 5.74) is -1.47. The largest absolute Gasteiger partial charge is 0.347 e. The van der Waals surface area contributed by atoms with Crippen molar-refractivity contribution in [2.24, 2.45) is 11.3 Å². The van der Waals surface area contributed by atoms with Crippen LogP contribution in [0.2, 0.25) is 0 Å². The molecule has 5 N–H and O–H groups in total. The van der Waals surface area contributed by atoms with Gasteiger partial charge in [-0.05, 0) is 49.0 Å². The van der Waals surface area contributed by atoms with Crippen LogP contribution in [-0.2, 0) is 38.4 Å². The first-order valence-electron chi connectivity index (χ1n) is 23.7. The summed E-state index contributed by atoms with van der Waals surface area (Å²) in [5, 5.41) is 13.5. The van der Waals surface area contributed by atoms with Crippen molar-refractivity contribution in [3.05, 3.63) is 60.2 Å². The average molecular weight is 942 g/mol. The standard InChI is InChI=1S/C48H67N11O9/c1-8-16-31(38(61)43(65)51-27-35(60)53-37(45(67)56(5)6)30-19-13-10-14-20-30)52-41(63)34-25-48(57(7)44(66)33-21-15-24-59(33)48)28-58(34)46(68)39(47(2,3)4)55-42(64)36(29-17-11-9-12-18-29)54-40(62)32-26-49-22-23-50-32/h10,13-14,19-20,22-23,26,29,31,33-34,36-37,39H,8-9,11-12,15-18,21,24-25,27-28H2,1-7H3,(H,51,65)(H,52,63)(H,53,60)(H,54,62)(H,55,64)/t31?,33-,34-,36-,37?,39+,48?/m0/s1. The van der Waals surface area contributed by atoms with Gasteiger partial charge in [0.05, 0.1) is 31.4 Å². The second-order valence-electron chi connectivity index (χ2n) is 19.7. The third-order valence-corrected chi connectivity index (χ3v) is 13.8. The quantitative estimate of drug-likeness (QED) is 0.139. The van der Waals surface area contributed by atoms with Crippen molar-refractivity contribution in [1.29, 1.82) is 0 Å². The minimum Gasteiger partial charge on any atom is -0.347 e. The van der Waals surface area contributed by atoms with Crippen LogP contribution >= 0.6 is 0 Å². The predicted octanol–water partition coefficient (Wildman–Crippen LogP) is 0.836. The lowest BCUT2D eigenvalue weighted by Gasteiger charge is -2.39. The van der Waals surface area contributed by atoms with Crippen LogP contribution in [0, 0.1) is 11.3 Å². The summed E-state index contributed by atoms with van der Waals surface area (Å²) >= 11 is 0. The molecule has 3 saturated heterocycles. The van der Waals surface area contributed by atoms with E-state index in [0.717, 1.165) is 25.7 Å². The van der Waals surface area contributed by atoms with E-state index >= 15 is 4.79 Å². The number of likely N-dealkylation sites (N-methyl/N-ethyl adjacent to an activating group) is 2. The zero-order valence-corrected chi connectivity index (χ0v) is 40.2. The average Bonchev–Trinajstić information content (AvgIpc) is 4.04. The number of ketones is 1. The van der Waals surface area contributed by atoms with Gasteiger partial charge in [-0.25, -0.2) is 4.98 Å². The second-order valence-corrected chi connectivity index (χ2v) is 19.7. The van der Waals surface area contributed by atoms with E-state index in [1.807, 2.05) is 4.90 Å². The lowest BCUT2D eigenvalue weighted by atomic mass is 9.82. The number of hydrogen-bond donors (Lipinski definition) is 5. The molecule has 4 heterocycles. The Balaban J connectivity index is 1.23. The molecule has 4 fully saturated rings. The highest BCUT2D eigenvalue weighted by atomic mass is 16.2. The Bertz CT molecular complexity index is 2220. The monoisotopic (exact) mass is 942 g/mol. The molecule has 20 nitrogen and oxygen atoms in total. The van der Waals surface area contributed by atoms with Crippen LogP contribution in [0.5, 0.6) is 0 Å². The molecule has 1 saturated carbocycles. The van der Waals surface area contributed by atoms with Gasteiger partial charge in [0.1, 0.15) is 35.5 Å². The maximum Gasteiger partial charge on any atom is 0.290 e. The van der Waals surface area contributed by atoms with Gasteiger partial charge in [-0.1, -0.05) is 83.7 Å². The van der Waals surface area contributed by atoms with Crippen molar-refractivity contribution in [3.8, 4) is 0 Å². The highest BCUT2D eigenvalue weighted by Crippen LogP contribution is 2.45. The van der Waals surface area contributed by atoms with Crippen LogP contribution in [0.1, 0.15) is 114 Å². The number of hydrogen-bond acceptors (Lipinski definition) is 12. The number of amides is 8.